The first-order chi connectivity index (χ1) is 16.3. The molecule has 4 rings (SSSR count). The van der Waals surface area contributed by atoms with E-state index in [0.717, 1.165) is 43.0 Å². The van der Waals surface area contributed by atoms with Crippen molar-refractivity contribution in [1.82, 2.24) is 20.1 Å². The van der Waals surface area contributed by atoms with Crippen LogP contribution in [-0.2, 0) is 16.1 Å². The number of carbonyl (C=O) groups is 2. The van der Waals surface area contributed by atoms with Gasteiger partial charge in [0.15, 0.2) is 5.13 Å². The van der Waals surface area contributed by atoms with Crippen molar-refractivity contribution < 1.29 is 9.59 Å². The Morgan fingerprint density at radius 3 is 2.56 bits per heavy atom. The molecule has 0 saturated carbocycles. The summed E-state index contributed by atoms with van der Waals surface area (Å²) in [6.45, 7) is 7.90. The molecule has 4 aromatic rings. The smallest absolute Gasteiger partial charge is 0.250 e. The van der Waals surface area contributed by atoms with E-state index in [2.05, 4.69) is 20.7 Å². The zero-order valence-electron chi connectivity index (χ0n) is 19.4. The van der Waals surface area contributed by atoms with Crippen LogP contribution in [0, 0.1) is 20.8 Å². The van der Waals surface area contributed by atoms with Crippen LogP contribution in [0.2, 0.25) is 0 Å². The minimum absolute atomic E-state index is 0.0596. The Kier molecular flexibility index (Phi) is 7.04. The lowest BCUT2D eigenvalue weighted by molar-refractivity contribution is -0.119. The molecule has 0 aliphatic rings. The fourth-order valence-corrected chi connectivity index (χ4v) is 5.40. The first-order valence-corrected chi connectivity index (χ1v) is 12.4. The maximum atomic E-state index is 12.6. The molecule has 0 aliphatic carbocycles. The number of nitrogens with zero attached hydrogens (tertiary/aromatic N) is 3. The third-order valence-corrected chi connectivity index (χ3v) is 7.16. The van der Waals surface area contributed by atoms with Crippen molar-refractivity contribution in [3.8, 4) is 16.3 Å². The van der Waals surface area contributed by atoms with E-state index in [1.165, 1.54) is 24.3 Å². The summed E-state index contributed by atoms with van der Waals surface area (Å²) in [6.07, 6.45) is 3.31. The third kappa shape index (κ3) is 5.32. The normalized spacial score (nSPS) is 11.2. The zero-order valence-corrected chi connectivity index (χ0v) is 21.0. The summed E-state index contributed by atoms with van der Waals surface area (Å²) in [5.74, 6) is -0.306. The van der Waals surface area contributed by atoms with Crippen LogP contribution in [0.3, 0.4) is 0 Å². The van der Waals surface area contributed by atoms with E-state index in [4.69, 9.17) is 0 Å². The summed E-state index contributed by atoms with van der Waals surface area (Å²) < 4.78 is 1.88. The molecule has 0 unspecified atom stereocenters. The first-order valence-electron chi connectivity index (χ1n) is 10.7. The number of thiophene rings is 1. The lowest BCUT2D eigenvalue weighted by Gasteiger charge is -2.03. The molecule has 0 spiro atoms. The number of benzene rings is 1. The van der Waals surface area contributed by atoms with Crippen LogP contribution < -0.4 is 10.6 Å². The van der Waals surface area contributed by atoms with Gasteiger partial charge in [0.05, 0.1) is 28.5 Å². The summed E-state index contributed by atoms with van der Waals surface area (Å²) in [7, 11) is 0. The standard InChI is InChI=1S/C25H25N5O2S2/c1-15-21(16(2)30(29-15)19-8-6-5-7-9-19)11-13-23(32)27-25-28-24(17(3)33-25)22-12-10-20(34-22)14-26-18(4)31/h5-13H,14H2,1-4H3,(H,26,31)(H,27,28,32)/b13-11+. The topological polar surface area (TPSA) is 88.9 Å². The molecular formula is C25H25N5O2S2. The van der Waals surface area contributed by atoms with Crippen LogP contribution in [0.15, 0.2) is 48.5 Å². The van der Waals surface area contributed by atoms with Gasteiger partial charge in [-0.1, -0.05) is 18.2 Å². The highest BCUT2D eigenvalue weighted by molar-refractivity contribution is 7.18. The van der Waals surface area contributed by atoms with Crippen molar-refractivity contribution in [3.05, 3.63) is 75.2 Å². The van der Waals surface area contributed by atoms with Crippen molar-refractivity contribution in [1.29, 1.82) is 0 Å². The Labute approximate surface area is 206 Å². The molecule has 0 aliphatic heterocycles. The van der Waals surface area contributed by atoms with E-state index >= 15 is 0 Å². The second kappa shape index (κ2) is 10.1. The number of para-hydroxylation sites is 1. The molecule has 2 N–H and O–H groups in total. The Morgan fingerprint density at radius 1 is 1.06 bits per heavy atom. The predicted molar refractivity (Wildman–Crippen MR) is 138 cm³/mol. The molecular weight excluding hydrogens is 466 g/mol. The van der Waals surface area contributed by atoms with Crippen molar-refractivity contribution in [3.63, 3.8) is 0 Å². The molecule has 1 aromatic carbocycles. The largest absolute Gasteiger partial charge is 0.351 e. The van der Waals surface area contributed by atoms with Gasteiger partial charge in [-0.3, -0.25) is 14.9 Å². The van der Waals surface area contributed by atoms with E-state index in [-0.39, 0.29) is 11.8 Å². The van der Waals surface area contributed by atoms with Crippen LogP contribution in [0.4, 0.5) is 5.13 Å². The Morgan fingerprint density at radius 2 is 1.82 bits per heavy atom. The molecule has 3 aromatic heterocycles. The number of rotatable bonds is 7. The maximum Gasteiger partial charge on any atom is 0.250 e. The third-order valence-electron chi connectivity index (χ3n) is 5.18. The van der Waals surface area contributed by atoms with Crippen molar-refractivity contribution in [2.45, 2.75) is 34.2 Å². The second-order valence-corrected chi connectivity index (χ2v) is 10.1. The van der Waals surface area contributed by atoms with Gasteiger partial charge < -0.3 is 5.32 Å². The van der Waals surface area contributed by atoms with E-state index in [0.29, 0.717) is 11.7 Å². The zero-order chi connectivity index (χ0) is 24.2. The Balaban J connectivity index is 1.45. The van der Waals surface area contributed by atoms with Crippen LogP contribution in [0.25, 0.3) is 22.3 Å². The molecule has 0 atom stereocenters. The maximum absolute atomic E-state index is 12.6. The van der Waals surface area contributed by atoms with E-state index < -0.39 is 0 Å². The van der Waals surface area contributed by atoms with Gasteiger partial charge in [0.25, 0.3) is 0 Å². The van der Waals surface area contributed by atoms with E-state index in [1.807, 2.05) is 67.9 Å². The van der Waals surface area contributed by atoms with Crippen molar-refractivity contribution >= 4 is 45.7 Å². The van der Waals surface area contributed by atoms with E-state index in [9.17, 15) is 9.59 Å². The summed E-state index contributed by atoms with van der Waals surface area (Å²) in [4.78, 5) is 31.4. The molecule has 0 radical (unpaired) electrons. The molecule has 0 saturated heterocycles. The highest BCUT2D eigenvalue weighted by atomic mass is 32.1. The SMILES string of the molecule is CC(=O)NCc1ccc(-c2nc(NC(=O)/C=C/c3c(C)nn(-c4ccccc4)c3C)sc2C)s1. The number of anilines is 1. The van der Waals surface area contributed by atoms with Gasteiger partial charge in [-0.2, -0.15) is 5.10 Å². The van der Waals surface area contributed by atoms with E-state index in [1.54, 1.807) is 17.4 Å². The number of hydrogen-bond donors (Lipinski definition) is 2. The number of hydrogen-bond acceptors (Lipinski definition) is 6. The second-order valence-electron chi connectivity index (χ2n) is 7.75. The molecule has 2 amide bonds. The monoisotopic (exact) mass is 491 g/mol. The van der Waals surface area contributed by atoms with Gasteiger partial charge in [-0.25, -0.2) is 9.67 Å². The molecule has 34 heavy (non-hydrogen) atoms. The van der Waals surface area contributed by atoms with Gasteiger partial charge in [-0.15, -0.1) is 22.7 Å². The predicted octanol–water partition coefficient (Wildman–Crippen LogP) is 5.27. The number of aryl methyl sites for hydroxylation is 2. The van der Waals surface area contributed by atoms with Crippen LogP contribution >= 0.6 is 22.7 Å². The number of nitrogens with one attached hydrogen (secondary N) is 2. The quantitative estimate of drug-likeness (QED) is 0.345. The summed E-state index contributed by atoms with van der Waals surface area (Å²) >= 11 is 3.02. The summed E-state index contributed by atoms with van der Waals surface area (Å²) in [5.41, 5.74) is 4.56. The number of amides is 2. The van der Waals surface area contributed by atoms with Gasteiger partial charge >= 0.3 is 0 Å². The molecule has 9 heteroatoms. The fourth-order valence-electron chi connectivity index (χ4n) is 3.51. The lowest BCUT2D eigenvalue weighted by Crippen LogP contribution is -2.17. The highest BCUT2D eigenvalue weighted by Crippen LogP contribution is 2.34. The van der Waals surface area contributed by atoms with Crippen molar-refractivity contribution in [2.24, 2.45) is 0 Å². The van der Waals surface area contributed by atoms with Crippen LogP contribution in [0.1, 0.15) is 33.6 Å². The van der Waals surface area contributed by atoms with Gasteiger partial charge in [0.1, 0.15) is 0 Å². The minimum atomic E-state index is -0.246. The Hall–Kier alpha value is -3.56. The van der Waals surface area contributed by atoms with Crippen molar-refractivity contribution in [2.75, 3.05) is 5.32 Å². The highest BCUT2D eigenvalue weighted by Gasteiger charge is 2.14. The summed E-state index contributed by atoms with van der Waals surface area (Å²) in [6, 6.07) is 13.9. The average Bonchev–Trinajstić information content (AvgIpc) is 3.49. The first kappa shape index (κ1) is 23.6. The van der Waals surface area contributed by atoms with Gasteiger partial charge in [0.2, 0.25) is 11.8 Å². The van der Waals surface area contributed by atoms with Crippen LogP contribution in [0.5, 0.6) is 0 Å². The van der Waals surface area contributed by atoms with Crippen LogP contribution in [-0.4, -0.2) is 26.6 Å². The lowest BCUT2D eigenvalue weighted by atomic mass is 10.2. The Bertz CT molecular complexity index is 1370. The molecule has 3 heterocycles. The fraction of sp³-hybridized carbons (Fsp3) is 0.200. The van der Waals surface area contributed by atoms with Gasteiger partial charge in [-0.05, 0) is 51.1 Å². The molecule has 0 fully saturated rings. The molecule has 0 bridgehead atoms. The van der Waals surface area contributed by atoms with Gasteiger partial charge in [0, 0.05) is 34.0 Å². The number of thiazole rings is 1. The number of carbonyl (C=O) groups excluding carboxylic acids is 2. The molecule has 7 nitrogen and oxygen atoms in total. The summed E-state index contributed by atoms with van der Waals surface area (Å²) in [5, 5.41) is 10.8. The minimum Gasteiger partial charge on any atom is -0.351 e. The average molecular weight is 492 g/mol. The molecule has 174 valence electrons. The number of aromatic nitrogens is 3.